The summed E-state index contributed by atoms with van der Waals surface area (Å²) in [5, 5.41) is 3.30. The van der Waals surface area contributed by atoms with Crippen LogP contribution >= 0.6 is 0 Å². The predicted octanol–water partition coefficient (Wildman–Crippen LogP) is 4.08. The van der Waals surface area contributed by atoms with Crippen LogP contribution in [0, 0.1) is 5.92 Å². The molecule has 0 heterocycles. The first kappa shape index (κ1) is 18.7. The van der Waals surface area contributed by atoms with Gasteiger partial charge < -0.3 is 5.32 Å². The SMILES string of the molecule is CC.CC.CCNCCCC(C)C. The quantitative estimate of drug-likeness (QED) is 0.642. The standard InChI is InChI=1S/C8H19N.2C2H6/c1-4-9-7-5-6-8(2)3;2*1-2/h8-9H,4-7H2,1-3H3;2*1-2H3. The van der Waals surface area contributed by atoms with E-state index in [1.165, 1.54) is 19.4 Å². The molecule has 0 rings (SSSR count). The Morgan fingerprint density at radius 3 is 1.77 bits per heavy atom. The Kier molecular flexibility index (Phi) is 32.6. The van der Waals surface area contributed by atoms with Crippen LogP contribution in [0.5, 0.6) is 0 Å². The molecule has 0 bridgehead atoms. The van der Waals surface area contributed by atoms with Gasteiger partial charge in [-0.2, -0.15) is 0 Å². The van der Waals surface area contributed by atoms with E-state index < -0.39 is 0 Å². The Morgan fingerprint density at radius 1 is 1.00 bits per heavy atom. The molecule has 0 radical (unpaired) electrons. The van der Waals surface area contributed by atoms with E-state index in [1.54, 1.807) is 0 Å². The third kappa shape index (κ3) is 33.4. The van der Waals surface area contributed by atoms with Gasteiger partial charge in [-0.1, -0.05) is 48.5 Å². The zero-order valence-electron chi connectivity index (χ0n) is 10.9. The fraction of sp³-hybridized carbons (Fsp3) is 1.00. The van der Waals surface area contributed by atoms with E-state index in [2.05, 4.69) is 26.1 Å². The topological polar surface area (TPSA) is 12.0 Å². The average molecular weight is 189 g/mol. The second-order valence-corrected chi connectivity index (χ2v) is 2.89. The minimum Gasteiger partial charge on any atom is -0.317 e. The summed E-state index contributed by atoms with van der Waals surface area (Å²) in [5.41, 5.74) is 0. The summed E-state index contributed by atoms with van der Waals surface area (Å²) in [5.74, 6) is 0.864. The molecule has 0 aliphatic carbocycles. The van der Waals surface area contributed by atoms with Gasteiger partial charge in [0.15, 0.2) is 0 Å². The summed E-state index contributed by atoms with van der Waals surface area (Å²) >= 11 is 0. The molecular weight excluding hydrogens is 158 g/mol. The van der Waals surface area contributed by atoms with E-state index in [1.807, 2.05) is 27.7 Å². The fourth-order valence-corrected chi connectivity index (χ4v) is 0.812. The summed E-state index contributed by atoms with van der Waals surface area (Å²) in [6.07, 6.45) is 2.68. The smallest absolute Gasteiger partial charge is 0.00489 e. The van der Waals surface area contributed by atoms with E-state index in [-0.39, 0.29) is 0 Å². The van der Waals surface area contributed by atoms with Crippen molar-refractivity contribution in [2.75, 3.05) is 13.1 Å². The third-order valence-electron chi connectivity index (χ3n) is 1.39. The molecule has 0 aromatic rings. The molecule has 0 aromatic carbocycles. The van der Waals surface area contributed by atoms with Crippen LogP contribution in [-0.2, 0) is 0 Å². The predicted molar refractivity (Wildman–Crippen MR) is 65.3 cm³/mol. The van der Waals surface area contributed by atoms with Crippen molar-refractivity contribution in [1.29, 1.82) is 0 Å². The van der Waals surface area contributed by atoms with Crippen LogP contribution in [-0.4, -0.2) is 13.1 Å². The van der Waals surface area contributed by atoms with Gasteiger partial charge in [0.1, 0.15) is 0 Å². The Bertz CT molecular complexity index is 51.1. The molecule has 0 spiro atoms. The first-order valence-corrected chi connectivity index (χ1v) is 5.98. The number of hydrogen-bond acceptors (Lipinski definition) is 1. The van der Waals surface area contributed by atoms with Crippen LogP contribution in [0.15, 0.2) is 0 Å². The van der Waals surface area contributed by atoms with E-state index >= 15 is 0 Å². The van der Waals surface area contributed by atoms with Crippen molar-refractivity contribution in [2.24, 2.45) is 5.92 Å². The molecule has 0 fully saturated rings. The largest absolute Gasteiger partial charge is 0.317 e. The summed E-state index contributed by atoms with van der Waals surface area (Å²) < 4.78 is 0. The van der Waals surface area contributed by atoms with Crippen molar-refractivity contribution in [3.8, 4) is 0 Å². The van der Waals surface area contributed by atoms with Gasteiger partial charge in [0.25, 0.3) is 0 Å². The summed E-state index contributed by atoms with van der Waals surface area (Å²) in [7, 11) is 0. The molecule has 0 atom stereocenters. The molecule has 1 nitrogen and oxygen atoms in total. The fourth-order valence-electron chi connectivity index (χ4n) is 0.812. The van der Waals surface area contributed by atoms with E-state index in [0.717, 1.165) is 12.5 Å². The highest BCUT2D eigenvalue weighted by Crippen LogP contribution is 2.01. The molecule has 1 N–H and O–H groups in total. The molecule has 84 valence electrons. The van der Waals surface area contributed by atoms with Gasteiger partial charge in [0.2, 0.25) is 0 Å². The van der Waals surface area contributed by atoms with Crippen LogP contribution in [0.1, 0.15) is 61.3 Å². The highest BCUT2D eigenvalue weighted by molar-refractivity contribution is 4.48. The van der Waals surface area contributed by atoms with E-state index in [4.69, 9.17) is 0 Å². The molecule has 0 aliphatic rings. The zero-order valence-corrected chi connectivity index (χ0v) is 10.9. The Balaban J connectivity index is -0.000000218. The van der Waals surface area contributed by atoms with Gasteiger partial charge >= 0.3 is 0 Å². The van der Waals surface area contributed by atoms with Crippen molar-refractivity contribution in [2.45, 2.75) is 61.3 Å². The van der Waals surface area contributed by atoms with Gasteiger partial charge in [-0.3, -0.25) is 0 Å². The number of hydrogen-bond donors (Lipinski definition) is 1. The lowest BCUT2D eigenvalue weighted by molar-refractivity contribution is 0.533. The molecule has 0 saturated carbocycles. The number of nitrogens with one attached hydrogen (secondary N) is 1. The molecule has 0 saturated heterocycles. The lowest BCUT2D eigenvalue weighted by atomic mass is 10.1. The summed E-state index contributed by atoms with van der Waals surface area (Å²) in [6, 6.07) is 0. The minimum atomic E-state index is 0.864. The molecule has 1 heteroatoms. The van der Waals surface area contributed by atoms with E-state index in [0.29, 0.717) is 0 Å². The highest BCUT2D eigenvalue weighted by atomic mass is 14.8. The van der Waals surface area contributed by atoms with E-state index in [9.17, 15) is 0 Å². The highest BCUT2D eigenvalue weighted by Gasteiger charge is 1.91. The van der Waals surface area contributed by atoms with Crippen LogP contribution in [0.25, 0.3) is 0 Å². The lowest BCUT2D eigenvalue weighted by Crippen LogP contribution is -2.14. The van der Waals surface area contributed by atoms with Crippen LogP contribution < -0.4 is 5.32 Å². The maximum absolute atomic E-state index is 3.30. The zero-order chi connectivity index (χ0) is 11.1. The van der Waals surface area contributed by atoms with Crippen LogP contribution in [0.3, 0.4) is 0 Å². The summed E-state index contributed by atoms with van der Waals surface area (Å²) in [6.45, 7) is 17.0. The van der Waals surface area contributed by atoms with Gasteiger partial charge in [0, 0.05) is 0 Å². The van der Waals surface area contributed by atoms with Crippen LogP contribution in [0.2, 0.25) is 0 Å². The monoisotopic (exact) mass is 189 g/mol. The first-order valence-electron chi connectivity index (χ1n) is 5.98. The molecular formula is C12H31N. The first-order chi connectivity index (χ1) is 6.27. The minimum absolute atomic E-state index is 0.864. The van der Waals surface area contributed by atoms with Crippen molar-refractivity contribution < 1.29 is 0 Å². The van der Waals surface area contributed by atoms with Gasteiger partial charge in [-0.25, -0.2) is 0 Å². The van der Waals surface area contributed by atoms with Crippen molar-refractivity contribution in [1.82, 2.24) is 5.32 Å². The molecule has 0 amide bonds. The van der Waals surface area contributed by atoms with Crippen molar-refractivity contribution in [3.63, 3.8) is 0 Å². The molecule has 0 aromatic heterocycles. The van der Waals surface area contributed by atoms with Crippen molar-refractivity contribution in [3.05, 3.63) is 0 Å². The van der Waals surface area contributed by atoms with Crippen molar-refractivity contribution >= 4 is 0 Å². The lowest BCUT2D eigenvalue weighted by Gasteiger charge is -2.03. The molecule has 0 unspecified atom stereocenters. The number of rotatable bonds is 5. The third-order valence-corrected chi connectivity index (χ3v) is 1.39. The van der Waals surface area contributed by atoms with Gasteiger partial charge in [0.05, 0.1) is 0 Å². The Labute approximate surface area is 86.3 Å². The maximum atomic E-state index is 3.30. The summed E-state index contributed by atoms with van der Waals surface area (Å²) in [4.78, 5) is 0. The maximum Gasteiger partial charge on any atom is -0.00489 e. The Hall–Kier alpha value is -0.0400. The molecule has 13 heavy (non-hydrogen) atoms. The second-order valence-electron chi connectivity index (χ2n) is 2.89. The second kappa shape index (κ2) is 22.7. The molecule has 0 aliphatic heterocycles. The average Bonchev–Trinajstić information content (AvgIpc) is 2.19. The Morgan fingerprint density at radius 2 is 1.46 bits per heavy atom. The van der Waals surface area contributed by atoms with Crippen LogP contribution in [0.4, 0.5) is 0 Å². The normalized spacial score (nSPS) is 8.31. The van der Waals surface area contributed by atoms with Gasteiger partial charge in [-0.05, 0) is 31.8 Å². The van der Waals surface area contributed by atoms with Gasteiger partial charge in [-0.15, -0.1) is 0 Å².